The van der Waals surface area contributed by atoms with Gasteiger partial charge in [-0.2, -0.15) is 0 Å². The Kier molecular flexibility index (Phi) is 5.71. The van der Waals surface area contributed by atoms with Crippen LogP contribution < -0.4 is 5.73 Å². The highest BCUT2D eigenvalue weighted by molar-refractivity contribution is 5.46. The lowest BCUT2D eigenvalue weighted by Crippen LogP contribution is -2.34. The Hall–Kier alpha value is -1.02. The molecular formula is C17H28N2. The molecule has 0 bridgehead atoms. The first-order chi connectivity index (χ1) is 9.29. The van der Waals surface area contributed by atoms with Gasteiger partial charge in [0.2, 0.25) is 0 Å². The minimum atomic E-state index is 0.948. The molecule has 1 saturated heterocycles. The lowest BCUT2D eigenvalue weighted by molar-refractivity contribution is 0.177. The fraction of sp³-hybridized carbons (Fsp3) is 0.647. The summed E-state index contributed by atoms with van der Waals surface area (Å²) in [6.45, 7) is 6.13. The summed E-state index contributed by atoms with van der Waals surface area (Å²) >= 11 is 0. The van der Waals surface area contributed by atoms with E-state index in [1.165, 1.54) is 57.3 Å². The predicted molar refractivity (Wildman–Crippen MR) is 83.2 cm³/mol. The van der Waals surface area contributed by atoms with Gasteiger partial charge >= 0.3 is 0 Å². The van der Waals surface area contributed by atoms with Crippen LogP contribution in [-0.4, -0.2) is 24.5 Å². The largest absolute Gasteiger partial charge is 0.399 e. The highest BCUT2D eigenvalue weighted by Crippen LogP contribution is 2.22. The predicted octanol–water partition coefficient (Wildman–Crippen LogP) is 3.71. The molecule has 2 rings (SSSR count). The Labute approximate surface area is 118 Å². The first-order valence-corrected chi connectivity index (χ1v) is 7.85. The van der Waals surface area contributed by atoms with Crippen molar-refractivity contribution in [1.29, 1.82) is 0 Å². The van der Waals surface area contributed by atoms with E-state index in [2.05, 4.69) is 24.0 Å². The molecule has 0 spiro atoms. The van der Waals surface area contributed by atoms with Crippen LogP contribution in [0.4, 0.5) is 5.69 Å². The van der Waals surface area contributed by atoms with Crippen molar-refractivity contribution in [3.05, 3.63) is 29.8 Å². The molecular weight excluding hydrogens is 232 g/mol. The van der Waals surface area contributed by atoms with Gasteiger partial charge < -0.3 is 10.6 Å². The molecule has 1 aliphatic heterocycles. The highest BCUT2D eigenvalue weighted by atomic mass is 15.1. The van der Waals surface area contributed by atoms with Crippen LogP contribution in [0.25, 0.3) is 0 Å². The van der Waals surface area contributed by atoms with Crippen LogP contribution in [-0.2, 0) is 6.42 Å². The number of rotatable bonds is 6. The highest BCUT2D eigenvalue weighted by Gasteiger charge is 2.17. The van der Waals surface area contributed by atoms with Gasteiger partial charge in [0.15, 0.2) is 0 Å². The third-order valence-electron chi connectivity index (χ3n) is 4.38. The maximum absolute atomic E-state index is 5.98. The molecule has 1 aromatic carbocycles. The first-order valence-electron chi connectivity index (χ1n) is 7.85. The van der Waals surface area contributed by atoms with Gasteiger partial charge in [-0.25, -0.2) is 0 Å². The summed E-state index contributed by atoms with van der Waals surface area (Å²) in [6, 6.07) is 8.26. The average molecular weight is 260 g/mol. The molecule has 2 nitrogen and oxygen atoms in total. The summed E-state index contributed by atoms with van der Waals surface area (Å²) in [4.78, 5) is 2.63. The summed E-state index contributed by atoms with van der Waals surface area (Å²) in [5, 5.41) is 0. The van der Waals surface area contributed by atoms with Crippen molar-refractivity contribution in [2.24, 2.45) is 5.92 Å². The molecule has 1 aliphatic rings. The van der Waals surface area contributed by atoms with Gasteiger partial charge in [0.1, 0.15) is 0 Å². The van der Waals surface area contributed by atoms with E-state index >= 15 is 0 Å². The normalized spacial score (nSPS) is 17.7. The molecule has 0 radical (unpaired) electrons. The maximum atomic E-state index is 5.98. The Morgan fingerprint density at radius 3 is 2.63 bits per heavy atom. The Morgan fingerprint density at radius 2 is 1.95 bits per heavy atom. The first kappa shape index (κ1) is 14.4. The molecule has 1 fully saturated rings. The zero-order valence-electron chi connectivity index (χ0n) is 12.3. The van der Waals surface area contributed by atoms with Crippen LogP contribution in [0.2, 0.25) is 0 Å². The number of hydrogen-bond acceptors (Lipinski definition) is 2. The molecule has 19 heavy (non-hydrogen) atoms. The standard InChI is InChI=1S/C17H28N2/c1-2-6-15-10-13-19(14-11-15)12-5-8-16-7-3-4-9-17(16)18/h3-4,7,9,15H,2,5-6,8,10-14,18H2,1H3. The molecule has 0 atom stereocenters. The smallest absolute Gasteiger partial charge is 0.0346 e. The van der Waals surface area contributed by atoms with Gasteiger partial charge in [0.05, 0.1) is 0 Å². The van der Waals surface area contributed by atoms with Crippen LogP contribution in [0.3, 0.4) is 0 Å². The van der Waals surface area contributed by atoms with Gasteiger partial charge in [-0.3, -0.25) is 0 Å². The van der Waals surface area contributed by atoms with E-state index in [9.17, 15) is 0 Å². The third-order valence-corrected chi connectivity index (χ3v) is 4.38. The van der Waals surface area contributed by atoms with E-state index in [4.69, 9.17) is 5.73 Å². The molecule has 2 N–H and O–H groups in total. The molecule has 1 heterocycles. The van der Waals surface area contributed by atoms with Crippen molar-refractivity contribution >= 4 is 5.69 Å². The van der Waals surface area contributed by atoms with Gasteiger partial charge in [0, 0.05) is 5.69 Å². The van der Waals surface area contributed by atoms with E-state index < -0.39 is 0 Å². The van der Waals surface area contributed by atoms with E-state index in [0.29, 0.717) is 0 Å². The molecule has 2 heteroatoms. The Bertz CT molecular complexity index is 367. The number of piperidine rings is 1. The summed E-state index contributed by atoms with van der Waals surface area (Å²) < 4.78 is 0. The van der Waals surface area contributed by atoms with E-state index in [-0.39, 0.29) is 0 Å². The van der Waals surface area contributed by atoms with Gasteiger partial charge in [-0.15, -0.1) is 0 Å². The summed E-state index contributed by atoms with van der Waals surface area (Å²) in [5.74, 6) is 0.992. The molecule has 0 amide bonds. The molecule has 106 valence electrons. The van der Waals surface area contributed by atoms with Crippen molar-refractivity contribution in [1.82, 2.24) is 4.90 Å². The average Bonchev–Trinajstić information content (AvgIpc) is 2.43. The maximum Gasteiger partial charge on any atom is 0.0346 e. The van der Waals surface area contributed by atoms with Crippen molar-refractivity contribution in [2.45, 2.75) is 45.4 Å². The summed E-state index contributed by atoms with van der Waals surface area (Å²) in [5.41, 5.74) is 8.23. The van der Waals surface area contributed by atoms with Crippen LogP contribution in [0.15, 0.2) is 24.3 Å². The minimum Gasteiger partial charge on any atom is -0.399 e. The second kappa shape index (κ2) is 7.54. The Balaban J connectivity index is 1.66. The van der Waals surface area contributed by atoms with E-state index in [1.807, 2.05) is 12.1 Å². The second-order valence-electron chi connectivity index (χ2n) is 5.88. The number of benzene rings is 1. The summed E-state index contributed by atoms with van der Waals surface area (Å²) in [6.07, 6.45) is 7.92. The molecule has 0 unspecified atom stereocenters. The van der Waals surface area contributed by atoms with Crippen LogP contribution in [0.5, 0.6) is 0 Å². The van der Waals surface area contributed by atoms with Crippen LogP contribution in [0, 0.1) is 5.92 Å². The third kappa shape index (κ3) is 4.54. The quantitative estimate of drug-likeness (QED) is 0.790. The number of nitrogens with zero attached hydrogens (tertiary/aromatic N) is 1. The van der Waals surface area contributed by atoms with Crippen LogP contribution in [0.1, 0.15) is 44.6 Å². The molecule has 1 aromatic rings. The number of nitrogen functional groups attached to an aromatic ring is 1. The monoisotopic (exact) mass is 260 g/mol. The molecule has 0 saturated carbocycles. The lowest BCUT2D eigenvalue weighted by Gasteiger charge is -2.31. The van der Waals surface area contributed by atoms with Gasteiger partial charge in [-0.1, -0.05) is 38.0 Å². The van der Waals surface area contributed by atoms with E-state index in [0.717, 1.165) is 18.0 Å². The van der Waals surface area contributed by atoms with Crippen molar-refractivity contribution < 1.29 is 0 Å². The second-order valence-corrected chi connectivity index (χ2v) is 5.88. The molecule has 0 aliphatic carbocycles. The molecule has 0 aromatic heterocycles. The van der Waals surface area contributed by atoms with Crippen LogP contribution >= 0.6 is 0 Å². The van der Waals surface area contributed by atoms with Gasteiger partial charge in [-0.05, 0) is 62.9 Å². The lowest BCUT2D eigenvalue weighted by atomic mass is 9.92. The number of para-hydroxylation sites is 1. The topological polar surface area (TPSA) is 29.3 Å². The number of likely N-dealkylation sites (tertiary alicyclic amines) is 1. The number of nitrogens with two attached hydrogens (primary N) is 1. The summed E-state index contributed by atoms with van der Waals surface area (Å²) in [7, 11) is 0. The fourth-order valence-electron chi connectivity index (χ4n) is 3.16. The van der Waals surface area contributed by atoms with Gasteiger partial charge in [0.25, 0.3) is 0 Å². The minimum absolute atomic E-state index is 0.948. The van der Waals surface area contributed by atoms with Crippen molar-refractivity contribution in [3.63, 3.8) is 0 Å². The zero-order chi connectivity index (χ0) is 13.5. The zero-order valence-corrected chi connectivity index (χ0v) is 12.3. The van der Waals surface area contributed by atoms with E-state index in [1.54, 1.807) is 0 Å². The fourth-order valence-corrected chi connectivity index (χ4v) is 3.16. The SMILES string of the molecule is CCCC1CCN(CCCc2ccccc2N)CC1. The van der Waals surface area contributed by atoms with Crippen molar-refractivity contribution in [2.75, 3.05) is 25.4 Å². The Morgan fingerprint density at radius 1 is 1.21 bits per heavy atom. The number of hydrogen-bond donors (Lipinski definition) is 1. The number of aryl methyl sites for hydroxylation is 1. The number of anilines is 1. The van der Waals surface area contributed by atoms with Crippen molar-refractivity contribution in [3.8, 4) is 0 Å².